The number of amides is 1. The molecule has 4 rings (SSSR count). The predicted molar refractivity (Wildman–Crippen MR) is 125 cm³/mol. The van der Waals surface area contributed by atoms with Crippen LogP contribution in [0.4, 0.5) is 5.69 Å². The number of benzene rings is 3. The van der Waals surface area contributed by atoms with Crippen molar-refractivity contribution >= 4 is 44.8 Å². The van der Waals surface area contributed by atoms with Gasteiger partial charge in [-0.3, -0.25) is 4.79 Å². The van der Waals surface area contributed by atoms with Crippen LogP contribution in [0.5, 0.6) is 5.75 Å². The number of fused-ring (bicyclic) bond motifs is 1. The Morgan fingerprint density at radius 1 is 1.00 bits per heavy atom. The normalized spacial score (nSPS) is 13.9. The molecule has 0 aromatic heterocycles. The fourth-order valence-corrected chi connectivity index (χ4v) is 5.33. The minimum absolute atomic E-state index is 0.0832. The molecule has 1 heterocycles. The molecule has 0 unspecified atom stereocenters. The maximum Gasteiger partial charge on any atom is 0.262 e. The number of rotatable bonds is 6. The summed E-state index contributed by atoms with van der Waals surface area (Å²) in [6, 6.07) is 18.7. The second kappa shape index (κ2) is 9.50. The van der Waals surface area contributed by atoms with Gasteiger partial charge in [0.2, 0.25) is 10.0 Å². The Morgan fingerprint density at radius 2 is 1.72 bits per heavy atom. The number of carbonyl (C=O) groups excluding carboxylic acids is 1. The summed E-state index contributed by atoms with van der Waals surface area (Å²) in [7, 11) is -3.72. The second-order valence-corrected chi connectivity index (χ2v) is 10.1. The molecular weight excluding hydrogens is 471 g/mol. The highest BCUT2D eigenvalue weighted by Gasteiger charge is 2.28. The Kier molecular flexibility index (Phi) is 6.71. The van der Waals surface area contributed by atoms with Crippen molar-refractivity contribution in [2.24, 2.45) is 0 Å². The average molecular weight is 491 g/mol. The zero-order valence-corrected chi connectivity index (χ0v) is 19.3. The lowest BCUT2D eigenvalue weighted by Crippen LogP contribution is -2.35. The highest BCUT2D eigenvalue weighted by atomic mass is 35.5. The summed E-state index contributed by atoms with van der Waals surface area (Å²) in [5, 5.41) is 3.36. The van der Waals surface area contributed by atoms with Crippen LogP contribution in [0.15, 0.2) is 71.6 Å². The van der Waals surface area contributed by atoms with Gasteiger partial charge in [-0.05, 0) is 60.0 Å². The van der Waals surface area contributed by atoms with Crippen LogP contribution in [0.1, 0.15) is 11.1 Å². The number of sulfonamides is 1. The lowest BCUT2D eigenvalue weighted by Gasteiger charge is -2.28. The molecule has 0 fully saturated rings. The highest BCUT2D eigenvalue weighted by Crippen LogP contribution is 2.31. The average Bonchev–Trinajstić information content (AvgIpc) is 2.79. The standard InChI is InChI=1S/C23H20Cl2N2O4S/c24-18-5-7-19(8-6-18)26-23(28)15-31-22-10-9-20(13-21(22)25)32(29,30)27-12-11-16-3-1-2-4-17(16)14-27/h1-10,13H,11-12,14-15H2,(H,26,28). The Hall–Kier alpha value is -2.58. The summed E-state index contributed by atoms with van der Waals surface area (Å²) in [6.07, 6.45) is 0.660. The van der Waals surface area contributed by atoms with Gasteiger partial charge in [-0.2, -0.15) is 4.31 Å². The Bertz CT molecular complexity index is 1250. The molecule has 166 valence electrons. The first-order valence-electron chi connectivity index (χ1n) is 9.87. The van der Waals surface area contributed by atoms with Crippen LogP contribution in [0, 0.1) is 0 Å². The van der Waals surface area contributed by atoms with Gasteiger partial charge in [0.25, 0.3) is 5.91 Å². The third-order valence-electron chi connectivity index (χ3n) is 5.12. The number of anilines is 1. The minimum atomic E-state index is -3.72. The van der Waals surface area contributed by atoms with Crippen molar-refractivity contribution in [2.45, 2.75) is 17.9 Å². The summed E-state index contributed by atoms with van der Waals surface area (Å²) in [5.74, 6) is -0.159. The number of nitrogens with one attached hydrogen (secondary N) is 1. The summed E-state index contributed by atoms with van der Waals surface area (Å²) < 4.78 is 33.1. The van der Waals surface area contributed by atoms with Gasteiger partial charge in [0.1, 0.15) is 5.75 Å². The van der Waals surface area contributed by atoms with Gasteiger partial charge in [-0.15, -0.1) is 0 Å². The molecule has 0 spiro atoms. The summed E-state index contributed by atoms with van der Waals surface area (Å²) in [6.45, 7) is 0.441. The molecule has 1 N–H and O–H groups in total. The molecule has 1 aliphatic heterocycles. The number of nitrogens with zero attached hydrogens (tertiary/aromatic N) is 1. The van der Waals surface area contributed by atoms with E-state index in [1.54, 1.807) is 24.3 Å². The van der Waals surface area contributed by atoms with E-state index in [4.69, 9.17) is 27.9 Å². The molecule has 0 atom stereocenters. The van der Waals surface area contributed by atoms with E-state index >= 15 is 0 Å². The van der Waals surface area contributed by atoms with E-state index in [0.717, 1.165) is 11.1 Å². The molecule has 3 aromatic rings. The Labute approximate surface area is 196 Å². The summed E-state index contributed by atoms with van der Waals surface area (Å²) in [5.41, 5.74) is 2.75. The maximum atomic E-state index is 13.1. The van der Waals surface area contributed by atoms with Crippen molar-refractivity contribution < 1.29 is 17.9 Å². The molecule has 0 radical (unpaired) electrons. The van der Waals surface area contributed by atoms with Gasteiger partial charge < -0.3 is 10.1 Å². The van der Waals surface area contributed by atoms with Crippen LogP contribution in [0.2, 0.25) is 10.0 Å². The van der Waals surface area contributed by atoms with E-state index in [1.807, 2.05) is 24.3 Å². The van der Waals surface area contributed by atoms with Gasteiger partial charge in [-0.1, -0.05) is 47.5 Å². The van der Waals surface area contributed by atoms with E-state index in [2.05, 4.69) is 5.32 Å². The first-order valence-corrected chi connectivity index (χ1v) is 12.1. The number of carbonyl (C=O) groups is 1. The van der Waals surface area contributed by atoms with E-state index in [-0.39, 0.29) is 28.2 Å². The van der Waals surface area contributed by atoms with E-state index < -0.39 is 10.0 Å². The number of ether oxygens (including phenoxy) is 1. The van der Waals surface area contributed by atoms with E-state index in [0.29, 0.717) is 30.2 Å². The predicted octanol–water partition coefficient (Wildman–Crippen LogP) is 4.76. The van der Waals surface area contributed by atoms with Crippen molar-refractivity contribution in [3.05, 3.63) is 87.9 Å². The van der Waals surface area contributed by atoms with Gasteiger partial charge in [0.05, 0.1) is 9.92 Å². The molecule has 9 heteroatoms. The maximum absolute atomic E-state index is 13.1. The third kappa shape index (κ3) is 5.07. The molecule has 0 saturated heterocycles. The number of hydrogen-bond donors (Lipinski definition) is 1. The molecule has 0 aliphatic carbocycles. The topological polar surface area (TPSA) is 75.7 Å². The molecule has 0 bridgehead atoms. The van der Waals surface area contributed by atoms with Crippen molar-refractivity contribution in [2.75, 3.05) is 18.5 Å². The van der Waals surface area contributed by atoms with Crippen molar-refractivity contribution in [3.8, 4) is 5.75 Å². The largest absolute Gasteiger partial charge is 0.482 e. The van der Waals surface area contributed by atoms with E-state index in [9.17, 15) is 13.2 Å². The van der Waals surface area contributed by atoms with Crippen LogP contribution in [-0.4, -0.2) is 31.8 Å². The lowest BCUT2D eigenvalue weighted by atomic mass is 10.0. The van der Waals surface area contributed by atoms with Gasteiger partial charge in [0.15, 0.2) is 6.61 Å². The molecule has 1 amide bonds. The summed E-state index contributed by atoms with van der Waals surface area (Å²) in [4.78, 5) is 12.2. The SMILES string of the molecule is O=C(COc1ccc(S(=O)(=O)N2CCc3ccccc3C2)cc1Cl)Nc1ccc(Cl)cc1. The Morgan fingerprint density at radius 3 is 2.44 bits per heavy atom. The first-order chi connectivity index (χ1) is 15.3. The second-order valence-electron chi connectivity index (χ2n) is 7.29. The minimum Gasteiger partial charge on any atom is -0.482 e. The van der Waals surface area contributed by atoms with Crippen LogP contribution < -0.4 is 10.1 Å². The molecular formula is C23H20Cl2N2O4S. The van der Waals surface area contributed by atoms with Gasteiger partial charge in [-0.25, -0.2) is 8.42 Å². The highest BCUT2D eigenvalue weighted by molar-refractivity contribution is 7.89. The fourth-order valence-electron chi connectivity index (χ4n) is 3.46. The van der Waals surface area contributed by atoms with Crippen LogP contribution >= 0.6 is 23.2 Å². The van der Waals surface area contributed by atoms with Crippen molar-refractivity contribution in [1.29, 1.82) is 0 Å². The number of halogens is 2. The van der Waals surface area contributed by atoms with Crippen molar-refractivity contribution in [1.82, 2.24) is 4.31 Å². The van der Waals surface area contributed by atoms with Crippen LogP contribution in [0.25, 0.3) is 0 Å². The summed E-state index contributed by atoms with van der Waals surface area (Å²) >= 11 is 12.1. The van der Waals surface area contributed by atoms with Crippen molar-refractivity contribution in [3.63, 3.8) is 0 Å². The Balaban J connectivity index is 1.41. The zero-order chi connectivity index (χ0) is 22.7. The molecule has 0 saturated carbocycles. The lowest BCUT2D eigenvalue weighted by molar-refractivity contribution is -0.118. The quantitative estimate of drug-likeness (QED) is 0.540. The molecule has 1 aliphatic rings. The fraction of sp³-hybridized carbons (Fsp3) is 0.174. The third-order valence-corrected chi connectivity index (χ3v) is 7.51. The zero-order valence-electron chi connectivity index (χ0n) is 16.9. The molecule has 3 aromatic carbocycles. The monoisotopic (exact) mass is 490 g/mol. The molecule has 6 nitrogen and oxygen atoms in total. The van der Waals surface area contributed by atoms with E-state index in [1.165, 1.54) is 22.5 Å². The van der Waals surface area contributed by atoms with Crippen LogP contribution in [-0.2, 0) is 27.8 Å². The van der Waals surface area contributed by atoms with Gasteiger partial charge >= 0.3 is 0 Å². The first kappa shape index (κ1) is 22.6. The smallest absolute Gasteiger partial charge is 0.262 e. The van der Waals surface area contributed by atoms with Crippen LogP contribution in [0.3, 0.4) is 0 Å². The van der Waals surface area contributed by atoms with Gasteiger partial charge in [0, 0.05) is 23.8 Å². The number of hydrogen-bond acceptors (Lipinski definition) is 4. The molecule has 32 heavy (non-hydrogen) atoms.